The maximum atomic E-state index is 13.1. The quantitative estimate of drug-likeness (QED) is 0.564. The zero-order valence-electron chi connectivity index (χ0n) is 19.0. The Morgan fingerprint density at radius 2 is 1.73 bits per heavy atom. The van der Waals surface area contributed by atoms with Gasteiger partial charge in [0.2, 0.25) is 5.88 Å². The number of carbonyl (C=O) groups excluding carboxylic acids is 1. The number of nitrogens with two attached hydrogens (primary N) is 1. The van der Waals surface area contributed by atoms with E-state index in [2.05, 4.69) is 16.9 Å². The minimum absolute atomic E-state index is 0.00912. The topological polar surface area (TPSA) is 124 Å². The lowest BCUT2D eigenvalue weighted by Crippen LogP contribution is -2.31. The van der Waals surface area contributed by atoms with Crippen molar-refractivity contribution >= 4 is 21.7 Å². The Kier molecular flexibility index (Phi) is 5.61. The van der Waals surface area contributed by atoms with Crippen LogP contribution in [0.25, 0.3) is 0 Å². The van der Waals surface area contributed by atoms with E-state index in [1.54, 1.807) is 12.1 Å². The largest absolute Gasteiger partial charge is 0.438 e. The number of rotatable bonds is 6. The van der Waals surface area contributed by atoms with Crippen molar-refractivity contribution in [2.45, 2.75) is 51.0 Å². The van der Waals surface area contributed by atoms with Crippen LogP contribution in [0, 0.1) is 20.8 Å². The van der Waals surface area contributed by atoms with Crippen molar-refractivity contribution in [3.63, 3.8) is 0 Å². The first-order valence-corrected chi connectivity index (χ1v) is 12.0. The summed E-state index contributed by atoms with van der Waals surface area (Å²) in [7, 11) is -4.24. The van der Waals surface area contributed by atoms with Crippen LogP contribution in [-0.4, -0.2) is 24.3 Å². The number of ether oxygens (including phenoxy) is 1. The Morgan fingerprint density at radius 3 is 2.33 bits per heavy atom. The molecule has 0 unspecified atom stereocenters. The van der Waals surface area contributed by atoms with Crippen LogP contribution in [0.15, 0.2) is 47.5 Å². The SMILES string of the molecule is Cc1cc(C)c(Oc2nc(C3(C)CC3)ccc2C(=O)NS(=O)(=O)c2cccc(N)n2)c(C)c1. The van der Waals surface area contributed by atoms with Gasteiger partial charge in [-0.2, -0.15) is 8.42 Å². The maximum Gasteiger partial charge on any atom is 0.281 e. The van der Waals surface area contributed by atoms with Crippen molar-refractivity contribution in [3.8, 4) is 11.6 Å². The van der Waals surface area contributed by atoms with Crippen molar-refractivity contribution in [1.82, 2.24) is 14.7 Å². The lowest BCUT2D eigenvalue weighted by Gasteiger charge is -2.17. The summed E-state index contributed by atoms with van der Waals surface area (Å²) in [5.74, 6) is -0.190. The average Bonchev–Trinajstić information content (AvgIpc) is 3.49. The number of anilines is 1. The number of aryl methyl sites for hydroxylation is 3. The molecule has 3 N–H and O–H groups in total. The van der Waals surface area contributed by atoms with E-state index in [0.717, 1.165) is 35.2 Å². The highest BCUT2D eigenvalue weighted by molar-refractivity contribution is 7.90. The van der Waals surface area contributed by atoms with Gasteiger partial charge in [0.25, 0.3) is 15.9 Å². The molecule has 1 fully saturated rings. The Morgan fingerprint density at radius 1 is 1.06 bits per heavy atom. The molecule has 0 radical (unpaired) electrons. The zero-order valence-corrected chi connectivity index (χ0v) is 19.8. The number of carbonyl (C=O) groups is 1. The Balaban J connectivity index is 1.73. The highest BCUT2D eigenvalue weighted by Gasteiger charge is 2.41. The summed E-state index contributed by atoms with van der Waals surface area (Å²) in [6.45, 7) is 7.91. The number of pyridine rings is 2. The molecule has 1 saturated carbocycles. The van der Waals surface area contributed by atoms with Gasteiger partial charge in [-0.1, -0.05) is 30.7 Å². The molecule has 1 aliphatic rings. The summed E-state index contributed by atoms with van der Waals surface area (Å²) in [5.41, 5.74) is 9.20. The summed E-state index contributed by atoms with van der Waals surface area (Å²) in [6.07, 6.45) is 1.98. The molecule has 1 aromatic carbocycles. The van der Waals surface area contributed by atoms with Crippen LogP contribution >= 0.6 is 0 Å². The monoisotopic (exact) mass is 466 g/mol. The molecule has 9 heteroatoms. The van der Waals surface area contributed by atoms with Crippen LogP contribution in [-0.2, 0) is 15.4 Å². The molecule has 0 saturated heterocycles. The third-order valence-electron chi connectivity index (χ3n) is 5.77. The Bertz CT molecular complexity index is 1340. The van der Waals surface area contributed by atoms with E-state index in [1.807, 2.05) is 37.6 Å². The van der Waals surface area contributed by atoms with E-state index in [1.165, 1.54) is 18.2 Å². The molecule has 2 aromatic heterocycles. The molecule has 2 heterocycles. The second-order valence-corrected chi connectivity index (χ2v) is 10.4. The van der Waals surface area contributed by atoms with Crippen molar-refractivity contribution in [1.29, 1.82) is 0 Å². The van der Waals surface area contributed by atoms with E-state index in [9.17, 15) is 13.2 Å². The normalized spacial score (nSPS) is 14.5. The summed E-state index contributed by atoms with van der Waals surface area (Å²) in [5, 5.41) is -0.349. The molecule has 0 atom stereocenters. The third-order valence-corrected chi connectivity index (χ3v) is 7.01. The minimum atomic E-state index is -4.24. The molecule has 0 bridgehead atoms. The molecule has 33 heavy (non-hydrogen) atoms. The van der Waals surface area contributed by atoms with Crippen LogP contribution in [0.5, 0.6) is 11.6 Å². The van der Waals surface area contributed by atoms with Gasteiger partial charge in [-0.15, -0.1) is 0 Å². The predicted octanol–water partition coefficient (Wildman–Crippen LogP) is 3.95. The van der Waals surface area contributed by atoms with Crippen molar-refractivity contribution in [3.05, 3.63) is 70.4 Å². The predicted molar refractivity (Wildman–Crippen MR) is 125 cm³/mol. The molecule has 172 valence electrons. The first-order valence-electron chi connectivity index (χ1n) is 10.6. The second kappa shape index (κ2) is 8.15. The summed E-state index contributed by atoms with van der Waals surface area (Å²) < 4.78 is 33.6. The second-order valence-electron chi connectivity index (χ2n) is 8.78. The fourth-order valence-corrected chi connectivity index (χ4v) is 4.65. The van der Waals surface area contributed by atoms with Gasteiger partial charge in [0, 0.05) is 5.41 Å². The number of sulfonamides is 1. The van der Waals surface area contributed by atoms with Gasteiger partial charge in [-0.25, -0.2) is 14.7 Å². The van der Waals surface area contributed by atoms with E-state index >= 15 is 0 Å². The first-order chi connectivity index (χ1) is 15.5. The van der Waals surface area contributed by atoms with E-state index in [0.29, 0.717) is 5.75 Å². The molecule has 4 rings (SSSR count). The number of nitrogens with zero attached hydrogens (tertiary/aromatic N) is 2. The van der Waals surface area contributed by atoms with Gasteiger partial charge >= 0.3 is 0 Å². The number of hydrogen-bond acceptors (Lipinski definition) is 7. The zero-order chi connectivity index (χ0) is 24.0. The molecule has 0 spiro atoms. The number of aromatic nitrogens is 2. The smallest absolute Gasteiger partial charge is 0.281 e. The molecular formula is C24H26N4O4S. The van der Waals surface area contributed by atoms with E-state index in [4.69, 9.17) is 10.5 Å². The van der Waals surface area contributed by atoms with Gasteiger partial charge in [0.15, 0.2) is 5.03 Å². The van der Waals surface area contributed by atoms with Crippen molar-refractivity contribution in [2.24, 2.45) is 0 Å². The molecule has 3 aromatic rings. The van der Waals surface area contributed by atoms with Gasteiger partial charge in [0.1, 0.15) is 17.1 Å². The summed E-state index contributed by atoms with van der Waals surface area (Å²) in [4.78, 5) is 21.5. The van der Waals surface area contributed by atoms with E-state index < -0.39 is 15.9 Å². The number of nitrogens with one attached hydrogen (secondary N) is 1. The van der Waals surface area contributed by atoms with Gasteiger partial charge < -0.3 is 10.5 Å². The molecule has 8 nitrogen and oxygen atoms in total. The van der Waals surface area contributed by atoms with E-state index in [-0.39, 0.29) is 27.7 Å². The summed E-state index contributed by atoms with van der Waals surface area (Å²) >= 11 is 0. The summed E-state index contributed by atoms with van der Waals surface area (Å²) in [6, 6.07) is 11.4. The Labute approximate surface area is 193 Å². The fourth-order valence-electron chi connectivity index (χ4n) is 3.71. The minimum Gasteiger partial charge on any atom is -0.438 e. The van der Waals surface area contributed by atoms with Crippen LogP contribution < -0.4 is 15.2 Å². The van der Waals surface area contributed by atoms with Gasteiger partial charge in [-0.3, -0.25) is 4.79 Å². The molecule has 1 aliphatic carbocycles. The lowest BCUT2D eigenvalue weighted by molar-refractivity contribution is 0.0978. The van der Waals surface area contributed by atoms with Gasteiger partial charge in [0.05, 0.1) is 5.69 Å². The highest BCUT2D eigenvalue weighted by atomic mass is 32.2. The standard InChI is InChI=1S/C24H26N4O4S/c1-14-12-15(2)21(16(3)13-14)32-23-17(8-9-18(26-23)24(4)10-11-24)22(29)28-33(30,31)20-7-5-6-19(25)27-20/h5-9,12-13H,10-11H2,1-4H3,(H2,25,27)(H,28,29). The molecular weight excluding hydrogens is 440 g/mol. The van der Waals surface area contributed by atoms with Crippen LogP contribution in [0.4, 0.5) is 5.82 Å². The van der Waals surface area contributed by atoms with Gasteiger partial charge in [-0.05, 0) is 69.0 Å². The van der Waals surface area contributed by atoms with Crippen LogP contribution in [0.2, 0.25) is 0 Å². The van der Waals surface area contributed by atoms with Crippen molar-refractivity contribution in [2.75, 3.05) is 5.73 Å². The highest BCUT2D eigenvalue weighted by Crippen LogP contribution is 2.47. The van der Waals surface area contributed by atoms with Crippen LogP contribution in [0.1, 0.15) is 52.5 Å². The van der Waals surface area contributed by atoms with Crippen molar-refractivity contribution < 1.29 is 17.9 Å². The third kappa shape index (κ3) is 4.68. The lowest BCUT2D eigenvalue weighted by atomic mass is 10.0. The average molecular weight is 467 g/mol. The molecule has 0 aliphatic heterocycles. The number of benzene rings is 1. The molecule has 1 amide bonds. The number of nitrogen functional groups attached to an aromatic ring is 1. The first kappa shape index (κ1) is 22.7. The maximum absolute atomic E-state index is 13.1. The number of amides is 1. The number of hydrogen-bond donors (Lipinski definition) is 2. The van der Waals surface area contributed by atoms with Crippen LogP contribution in [0.3, 0.4) is 0 Å². The Hall–Kier alpha value is -3.46. The fraction of sp³-hybridized carbons (Fsp3) is 0.292.